The average molecular weight is 328 g/mol. The van der Waals surface area contributed by atoms with Gasteiger partial charge < -0.3 is 5.32 Å². The molecule has 1 aliphatic carbocycles. The Morgan fingerprint density at radius 2 is 1.89 bits per heavy atom. The van der Waals surface area contributed by atoms with Crippen molar-refractivity contribution in [2.24, 2.45) is 0 Å². The highest BCUT2D eigenvalue weighted by molar-refractivity contribution is 9.10. The van der Waals surface area contributed by atoms with Gasteiger partial charge in [0.15, 0.2) is 0 Å². The van der Waals surface area contributed by atoms with Crippen LogP contribution in [0.3, 0.4) is 0 Å². The van der Waals surface area contributed by atoms with Gasteiger partial charge in [-0.15, -0.1) is 11.8 Å². The molecule has 0 heterocycles. The molecule has 1 unspecified atom stereocenters. The zero-order chi connectivity index (χ0) is 12.8. The van der Waals surface area contributed by atoms with Crippen LogP contribution in [0.2, 0.25) is 0 Å². The SMILES string of the molecule is CC(CNC1CCCCC1)Sc1ccc(Br)cc1. The van der Waals surface area contributed by atoms with Gasteiger partial charge in [-0.1, -0.05) is 42.1 Å². The summed E-state index contributed by atoms with van der Waals surface area (Å²) in [7, 11) is 0. The van der Waals surface area contributed by atoms with E-state index in [-0.39, 0.29) is 0 Å². The standard InChI is InChI=1S/C15H22BrNS/c1-12(11-17-14-5-3-2-4-6-14)18-15-9-7-13(16)8-10-15/h7-10,12,14,17H,2-6,11H2,1H3. The van der Waals surface area contributed by atoms with Crippen molar-refractivity contribution in [2.75, 3.05) is 6.54 Å². The molecular formula is C15H22BrNS. The summed E-state index contributed by atoms with van der Waals surface area (Å²) in [5.41, 5.74) is 0. The number of benzene rings is 1. The van der Waals surface area contributed by atoms with Gasteiger partial charge in [-0.05, 0) is 37.1 Å². The summed E-state index contributed by atoms with van der Waals surface area (Å²) in [6.45, 7) is 3.42. The maximum Gasteiger partial charge on any atom is 0.0191 e. The molecule has 0 aromatic heterocycles. The Bertz CT molecular complexity index is 346. The summed E-state index contributed by atoms with van der Waals surface area (Å²) in [5.74, 6) is 0. The van der Waals surface area contributed by atoms with Crippen LogP contribution in [0.15, 0.2) is 33.6 Å². The van der Waals surface area contributed by atoms with E-state index in [1.54, 1.807) is 0 Å². The number of rotatable bonds is 5. The molecule has 3 heteroatoms. The second-order valence-electron chi connectivity index (χ2n) is 5.13. The molecule has 0 aliphatic heterocycles. The average Bonchev–Trinajstić information content (AvgIpc) is 2.40. The van der Waals surface area contributed by atoms with Crippen LogP contribution in [0.25, 0.3) is 0 Å². The molecule has 100 valence electrons. The minimum absolute atomic E-state index is 0.633. The number of hydrogen-bond donors (Lipinski definition) is 1. The van der Waals surface area contributed by atoms with Crippen molar-refractivity contribution in [3.05, 3.63) is 28.7 Å². The molecule has 0 amide bonds. The Kier molecular flexibility index (Phi) is 6.06. The van der Waals surface area contributed by atoms with Crippen LogP contribution in [-0.4, -0.2) is 17.8 Å². The maximum atomic E-state index is 3.72. The van der Waals surface area contributed by atoms with E-state index < -0.39 is 0 Å². The van der Waals surface area contributed by atoms with E-state index in [0.29, 0.717) is 5.25 Å². The first-order valence-electron chi connectivity index (χ1n) is 6.89. The minimum Gasteiger partial charge on any atom is -0.313 e. The second kappa shape index (κ2) is 7.56. The number of halogens is 1. The minimum atomic E-state index is 0.633. The Balaban J connectivity index is 1.71. The van der Waals surface area contributed by atoms with Crippen LogP contribution in [0.5, 0.6) is 0 Å². The van der Waals surface area contributed by atoms with Crippen LogP contribution in [-0.2, 0) is 0 Å². The van der Waals surface area contributed by atoms with Crippen LogP contribution in [0.1, 0.15) is 39.0 Å². The predicted molar refractivity (Wildman–Crippen MR) is 84.3 cm³/mol. The van der Waals surface area contributed by atoms with Gasteiger partial charge in [0.25, 0.3) is 0 Å². The van der Waals surface area contributed by atoms with Crippen LogP contribution >= 0.6 is 27.7 Å². The topological polar surface area (TPSA) is 12.0 Å². The monoisotopic (exact) mass is 327 g/mol. The highest BCUT2D eigenvalue weighted by atomic mass is 79.9. The molecule has 1 fully saturated rings. The zero-order valence-electron chi connectivity index (χ0n) is 11.0. The smallest absolute Gasteiger partial charge is 0.0191 e. The summed E-state index contributed by atoms with van der Waals surface area (Å²) in [5, 5.41) is 4.36. The molecule has 0 spiro atoms. The number of thioether (sulfide) groups is 1. The summed E-state index contributed by atoms with van der Waals surface area (Å²) >= 11 is 5.43. The maximum absolute atomic E-state index is 3.72. The molecule has 1 aliphatic rings. The molecule has 1 saturated carbocycles. The molecule has 1 aromatic rings. The summed E-state index contributed by atoms with van der Waals surface area (Å²) in [4.78, 5) is 1.36. The molecule has 1 atom stereocenters. The highest BCUT2D eigenvalue weighted by Gasteiger charge is 2.13. The third-order valence-corrected chi connectivity index (χ3v) is 5.09. The first-order valence-corrected chi connectivity index (χ1v) is 8.57. The van der Waals surface area contributed by atoms with Gasteiger partial charge in [-0.3, -0.25) is 0 Å². The van der Waals surface area contributed by atoms with E-state index in [1.165, 1.54) is 37.0 Å². The fourth-order valence-corrected chi connectivity index (χ4v) is 3.63. The Morgan fingerprint density at radius 1 is 1.22 bits per heavy atom. The van der Waals surface area contributed by atoms with E-state index in [4.69, 9.17) is 0 Å². The molecule has 1 nitrogen and oxygen atoms in total. The van der Waals surface area contributed by atoms with Gasteiger partial charge in [-0.25, -0.2) is 0 Å². The third kappa shape index (κ3) is 4.94. The van der Waals surface area contributed by atoms with Crippen LogP contribution in [0, 0.1) is 0 Å². The van der Waals surface area contributed by atoms with E-state index in [9.17, 15) is 0 Å². The Labute approximate surface area is 123 Å². The molecule has 0 saturated heterocycles. The molecule has 1 N–H and O–H groups in total. The van der Waals surface area contributed by atoms with Crippen molar-refractivity contribution in [2.45, 2.75) is 55.2 Å². The molecular weight excluding hydrogens is 306 g/mol. The lowest BCUT2D eigenvalue weighted by Crippen LogP contribution is -2.35. The van der Waals surface area contributed by atoms with Gasteiger partial charge in [0, 0.05) is 27.2 Å². The summed E-state index contributed by atoms with van der Waals surface area (Å²) < 4.78 is 1.15. The molecule has 18 heavy (non-hydrogen) atoms. The second-order valence-corrected chi connectivity index (χ2v) is 7.55. The molecule has 2 rings (SSSR count). The number of hydrogen-bond acceptors (Lipinski definition) is 2. The van der Waals surface area contributed by atoms with Gasteiger partial charge in [0.1, 0.15) is 0 Å². The van der Waals surface area contributed by atoms with Crippen molar-refractivity contribution in [3.8, 4) is 0 Å². The lowest BCUT2D eigenvalue weighted by Gasteiger charge is -2.24. The highest BCUT2D eigenvalue weighted by Crippen LogP contribution is 2.25. The van der Waals surface area contributed by atoms with Crippen molar-refractivity contribution in [1.29, 1.82) is 0 Å². The first kappa shape index (κ1) is 14.4. The van der Waals surface area contributed by atoms with Crippen molar-refractivity contribution in [3.63, 3.8) is 0 Å². The van der Waals surface area contributed by atoms with Crippen molar-refractivity contribution < 1.29 is 0 Å². The van der Waals surface area contributed by atoms with Crippen LogP contribution < -0.4 is 5.32 Å². The van der Waals surface area contributed by atoms with Gasteiger partial charge in [0.05, 0.1) is 0 Å². The van der Waals surface area contributed by atoms with Gasteiger partial charge in [-0.2, -0.15) is 0 Å². The third-order valence-electron chi connectivity index (χ3n) is 3.45. The van der Waals surface area contributed by atoms with Crippen molar-refractivity contribution in [1.82, 2.24) is 5.32 Å². The number of nitrogens with one attached hydrogen (secondary N) is 1. The van der Waals surface area contributed by atoms with E-state index >= 15 is 0 Å². The molecule has 1 aromatic carbocycles. The lowest BCUT2D eigenvalue weighted by atomic mass is 9.95. The van der Waals surface area contributed by atoms with E-state index in [1.807, 2.05) is 11.8 Å². The van der Waals surface area contributed by atoms with Gasteiger partial charge >= 0.3 is 0 Å². The summed E-state index contributed by atoms with van der Waals surface area (Å²) in [6.07, 6.45) is 6.99. The van der Waals surface area contributed by atoms with Crippen molar-refractivity contribution >= 4 is 27.7 Å². The fourth-order valence-electron chi connectivity index (χ4n) is 2.43. The van der Waals surface area contributed by atoms with E-state index in [0.717, 1.165) is 17.1 Å². The Morgan fingerprint density at radius 3 is 2.56 bits per heavy atom. The summed E-state index contributed by atoms with van der Waals surface area (Å²) in [6, 6.07) is 9.37. The van der Waals surface area contributed by atoms with Gasteiger partial charge in [0.2, 0.25) is 0 Å². The van der Waals surface area contributed by atoms with Crippen LogP contribution in [0.4, 0.5) is 0 Å². The predicted octanol–water partition coefficient (Wildman–Crippen LogP) is 4.85. The van der Waals surface area contributed by atoms with E-state index in [2.05, 4.69) is 52.4 Å². The molecule has 0 bridgehead atoms. The first-order chi connectivity index (χ1) is 8.74. The largest absolute Gasteiger partial charge is 0.313 e. The quantitative estimate of drug-likeness (QED) is 0.775. The Hall–Kier alpha value is 0.01000. The lowest BCUT2D eigenvalue weighted by molar-refractivity contribution is 0.375. The fraction of sp³-hybridized carbons (Fsp3) is 0.600. The normalized spacial score (nSPS) is 18.8. The molecule has 0 radical (unpaired) electrons. The zero-order valence-corrected chi connectivity index (χ0v) is 13.4.